The minimum absolute atomic E-state index is 0.0642. The fourth-order valence-electron chi connectivity index (χ4n) is 1.19. The number of carbonyl (C=O) groups is 2. The monoisotopic (exact) mass is 228 g/mol. The van der Waals surface area contributed by atoms with Gasteiger partial charge >= 0.3 is 12.0 Å². The molecule has 0 spiro atoms. The Morgan fingerprint density at radius 1 is 1.50 bits per heavy atom. The number of likely N-dealkylation sites (N-methyl/N-ethyl adjacent to an activating group) is 1. The molecule has 1 atom stereocenters. The number of aliphatic carboxylic acids is 1. The topological polar surface area (TPSA) is 69.6 Å². The van der Waals surface area contributed by atoms with E-state index in [2.05, 4.69) is 11.9 Å². The number of urea groups is 1. The van der Waals surface area contributed by atoms with Crippen molar-refractivity contribution in [3.05, 3.63) is 12.7 Å². The van der Waals surface area contributed by atoms with Crippen molar-refractivity contribution in [3.63, 3.8) is 0 Å². The van der Waals surface area contributed by atoms with Crippen molar-refractivity contribution in [2.45, 2.75) is 26.3 Å². The average molecular weight is 228 g/mol. The molecule has 0 fully saturated rings. The molecule has 2 N–H and O–H groups in total. The maximum Gasteiger partial charge on any atom is 0.317 e. The van der Waals surface area contributed by atoms with E-state index in [0.717, 1.165) is 0 Å². The van der Waals surface area contributed by atoms with Crippen molar-refractivity contribution in [1.82, 2.24) is 10.2 Å². The lowest BCUT2D eigenvalue weighted by molar-refractivity contribution is -0.137. The molecule has 0 aromatic carbocycles. The van der Waals surface area contributed by atoms with E-state index in [1.165, 1.54) is 4.90 Å². The Bertz CT molecular complexity index is 264. The summed E-state index contributed by atoms with van der Waals surface area (Å²) in [5, 5.41) is 11.4. The van der Waals surface area contributed by atoms with Gasteiger partial charge in [-0.2, -0.15) is 0 Å². The Morgan fingerprint density at radius 3 is 2.44 bits per heavy atom. The fraction of sp³-hybridized carbons (Fsp3) is 0.636. The smallest absolute Gasteiger partial charge is 0.317 e. The van der Waals surface area contributed by atoms with Crippen LogP contribution in [0.15, 0.2) is 12.7 Å². The Hall–Kier alpha value is -1.52. The highest BCUT2D eigenvalue weighted by atomic mass is 16.4. The number of hydrogen-bond acceptors (Lipinski definition) is 2. The minimum Gasteiger partial charge on any atom is -0.481 e. The highest BCUT2D eigenvalue weighted by Gasteiger charge is 2.20. The molecule has 0 heterocycles. The van der Waals surface area contributed by atoms with E-state index in [-0.39, 0.29) is 24.4 Å². The third-order valence-electron chi connectivity index (χ3n) is 2.26. The van der Waals surface area contributed by atoms with Gasteiger partial charge in [-0.15, -0.1) is 6.58 Å². The summed E-state index contributed by atoms with van der Waals surface area (Å²) in [6, 6.07) is -0.628. The fourth-order valence-corrected chi connectivity index (χ4v) is 1.19. The summed E-state index contributed by atoms with van der Waals surface area (Å²) in [7, 11) is 1.63. The van der Waals surface area contributed by atoms with Crippen LogP contribution in [0.2, 0.25) is 0 Å². The van der Waals surface area contributed by atoms with Gasteiger partial charge in [0.25, 0.3) is 0 Å². The zero-order valence-corrected chi connectivity index (χ0v) is 10.1. The van der Waals surface area contributed by atoms with Gasteiger partial charge < -0.3 is 15.3 Å². The number of amides is 2. The lowest BCUT2D eigenvalue weighted by Crippen LogP contribution is -2.46. The van der Waals surface area contributed by atoms with Crippen molar-refractivity contribution in [2.24, 2.45) is 5.92 Å². The number of nitrogens with zero attached hydrogens (tertiary/aromatic N) is 1. The van der Waals surface area contributed by atoms with Gasteiger partial charge in [0.05, 0.1) is 6.42 Å². The van der Waals surface area contributed by atoms with Crippen LogP contribution in [0, 0.1) is 5.92 Å². The molecule has 0 radical (unpaired) electrons. The third kappa shape index (κ3) is 5.38. The predicted molar refractivity (Wildman–Crippen MR) is 62.2 cm³/mol. The first-order valence-corrected chi connectivity index (χ1v) is 5.22. The second kappa shape index (κ2) is 6.87. The molecule has 0 aliphatic heterocycles. The predicted octanol–water partition coefficient (Wildman–Crippen LogP) is 1.31. The zero-order chi connectivity index (χ0) is 12.7. The summed E-state index contributed by atoms with van der Waals surface area (Å²) in [6.07, 6.45) is 1.55. The van der Waals surface area contributed by atoms with Gasteiger partial charge in [-0.3, -0.25) is 4.79 Å². The highest BCUT2D eigenvalue weighted by Crippen LogP contribution is 2.06. The quantitative estimate of drug-likeness (QED) is 0.673. The number of hydrogen-bond donors (Lipinski definition) is 2. The van der Waals surface area contributed by atoms with E-state index in [9.17, 15) is 9.59 Å². The van der Waals surface area contributed by atoms with Gasteiger partial charge in [0, 0.05) is 19.6 Å². The lowest BCUT2D eigenvalue weighted by Gasteiger charge is -2.24. The molecular formula is C11H20N2O3. The zero-order valence-electron chi connectivity index (χ0n) is 10.1. The maximum atomic E-state index is 11.6. The number of carboxylic acid groups (broad SMARTS) is 1. The first kappa shape index (κ1) is 14.5. The average Bonchev–Trinajstić information content (AvgIpc) is 2.16. The second-order valence-electron chi connectivity index (χ2n) is 4.07. The summed E-state index contributed by atoms with van der Waals surface area (Å²) in [6.45, 7) is 7.72. The Balaban J connectivity index is 4.33. The molecule has 2 amide bonds. The number of carboxylic acids is 1. The highest BCUT2D eigenvalue weighted by molar-refractivity contribution is 5.75. The summed E-state index contributed by atoms with van der Waals surface area (Å²) in [4.78, 5) is 23.7. The van der Waals surface area contributed by atoms with Crippen molar-refractivity contribution in [2.75, 3.05) is 13.6 Å². The van der Waals surface area contributed by atoms with Crippen LogP contribution in [0.25, 0.3) is 0 Å². The second-order valence-corrected chi connectivity index (χ2v) is 4.07. The van der Waals surface area contributed by atoms with E-state index in [1.54, 1.807) is 13.1 Å². The molecule has 0 aliphatic rings. The minimum atomic E-state index is -0.912. The molecule has 5 heteroatoms. The molecule has 0 aromatic rings. The number of carbonyl (C=O) groups excluding carboxylic acids is 1. The number of rotatable bonds is 6. The molecule has 16 heavy (non-hydrogen) atoms. The van der Waals surface area contributed by atoms with Crippen LogP contribution < -0.4 is 5.32 Å². The Labute approximate surface area is 96.1 Å². The van der Waals surface area contributed by atoms with Crippen molar-refractivity contribution in [3.8, 4) is 0 Å². The summed E-state index contributed by atoms with van der Waals surface area (Å²) >= 11 is 0. The first-order valence-electron chi connectivity index (χ1n) is 5.22. The molecule has 92 valence electrons. The largest absolute Gasteiger partial charge is 0.481 e. The van der Waals surface area contributed by atoms with Crippen LogP contribution in [0.3, 0.4) is 0 Å². The van der Waals surface area contributed by atoms with Gasteiger partial charge in [-0.05, 0) is 5.92 Å². The normalized spacial score (nSPS) is 12.0. The van der Waals surface area contributed by atoms with Crippen LogP contribution >= 0.6 is 0 Å². The van der Waals surface area contributed by atoms with E-state index in [1.807, 2.05) is 13.8 Å². The molecule has 0 rings (SSSR count). The summed E-state index contributed by atoms with van der Waals surface area (Å²) in [5.74, 6) is -0.831. The molecular weight excluding hydrogens is 208 g/mol. The van der Waals surface area contributed by atoms with Crippen LogP contribution in [-0.2, 0) is 4.79 Å². The molecule has 0 aromatic heterocycles. The standard InChI is InChI=1S/C11H20N2O3/c1-5-6-13(4)11(16)12-9(8(2)3)7-10(14)15/h5,8-9H,1,6-7H2,2-4H3,(H,12,16)(H,14,15). The first-order chi connectivity index (χ1) is 7.38. The summed E-state index contributed by atoms with van der Waals surface area (Å²) < 4.78 is 0. The van der Waals surface area contributed by atoms with Gasteiger partial charge in [0.2, 0.25) is 0 Å². The van der Waals surface area contributed by atoms with Gasteiger partial charge in [0.15, 0.2) is 0 Å². The van der Waals surface area contributed by atoms with E-state index in [0.29, 0.717) is 6.54 Å². The van der Waals surface area contributed by atoms with Gasteiger partial charge in [0.1, 0.15) is 0 Å². The lowest BCUT2D eigenvalue weighted by atomic mass is 10.0. The third-order valence-corrected chi connectivity index (χ3v) is 2.26. The Morgan fingerprint density at radius 2 is 2.06 bits per heavy atom. The van der Waals surface area contributed by atoms with Gasteiger partial charge in [-0.25, -0.2) is 4.79 Å². The molecule has 0 bridgehead atoms. The molecule has 0 saturated heterocycles. The van der Waals surface area contributed by atoms with Crippen LogP contribution in [-0.4, -0.2) is 41.6 Å². The summed E-state index contributed by atoms with van der Waals surface area (Å²) in [5.41, 5.74) is 0. The molecule has 5 nitrogen and oxygen atoms in total. The number of nitrogens with one attached hydrogen (secondary N) is 1. The maximum absolute atomic E-state index is 11.6. The SMILES string of the molecule is C=CCN(C)C(=O)NC(CC(=O)O)C(C)C. The Kier molecular flexibility index (Phi) is 6.22. The molecule has 1 unspecified atom stereocenters. The molecule has 0 aliphatic carbocycles. The van der Waals surface area contributed by atoms with Crippen LogP contribution in [0.4, 0.5) is 4.79 Å². The van der Waals surface area contributed by atoms with Crippen LogP contribution in [0.1, 0.15) is 20.3 Å². The van der Waals surface area contributed by atoms with E-state index < -0.39 is 5.97 Å². The van der Waals surface area contributed by atoms with E-state index >= 15 is 0 Å². The molecule has 0 saturated carbocycles. The van der Waals surface area contributed by atoms with Crippen molar-refractivity contribution < 1.29 is 14.7 Å². The van der Waals surface area contributed by atoms with Gasteiger partial charge in [-0.1, -0.05) is 19.9 Å². The van der Waals surface area contributed by atoms with Crippen molar-refractivity contribution >= 4 is 12.0 Å². The van der Waals surface area contributed by atoms with E-state index in [4.69, 9.17) is 5.11 Å². The van der Waals surface area contributed by atoms with Crippen molar-refractivity contribution in [1.29, 1.82) is 0 Å². The van der Waals surface area contributed by atoms with Crippen LogP contribution in [0.5, 0.6) is 0 Å².